The highest BCUT2D eigenvalue weighted by atomic mass is 32.2. The molecule has 0 aliphatic heterocycles. The van der Waals surface area contributed by atoms with Crippen molar-refractivity contribution in [3.8, 4) is 5.75 Å². The zero-order chi connectivity index (χ0) is 22.2. The number of hydrogen-bond donors (Lipinski definition) is 2. The van der Waals surface area contributed by atoms with Crippen LogP contribution in [0.3, 0.4) is 0 Å². The zero-order valence-corrected chi connectivity index (χ0v) is 17.3. The molecular weight excluding hydrogens is 428 g/mol. The number of methoxy groups -OCH3 is 1. The maximum Gasteiger partial charge on any atom is 0.412 e. The quantitative estimate of drug-likeness (QED) is 0.433. The first-order chi connectivity index (χ1) is 15.0. The van der Waals surface area contributed by atoms with Gasteiger partial charge in [-0.25, -0.2) is 9.59 Å². The molecule has 0 radical (unpaired) electrons. The highest BCUT2D eigenvalue weighted by Gasteiger charge is 2.36. The molecule has 1 aromatic heterocycles. The van der Waals surface area contributed by atoms with Crippen LogP contribution in [-0.2, 0) is 9.47 Å². The van der Waals surface area contributed by atoms with Crippen molar-refractivity contribution < 1.29 is 38.2 Å². The highest BCUT2D eigenvalue weighted by Crippen LogP contribution is 2.35. The summed E-state index contributed by atoms with van der Waals surface area (Å²) in [5.41, 5.74) is -0.358. The fourth-order valence-corrected chi connectivity index (χ4v) is 3.54. The van der Waals surface area contributed by atoms with Crippen molar-refractivity contribution >= 4 is 29.6 Å². The highest BCUT2D eigenvalue weighted by molar-refractivity contribution is 8.04. The predicted octanol–water partition coefficient (Wildman–Crippen LogP) is 2.11. The number of benzene rings is 1. The molecule has 2 N–H and O–H groups in total. The number of carbonyl (C=O) groups is 3. The molecule has 164 valence electrons. The van der Waals surface area contributed by atoms with E-state index in [2.05, 4.69) is 15.2 Å². The summed E-state index contributed by atoms with van der Waals surface area (Å²) in [5.74, 6) is -0.529. The van der Waals surface area contributed by atoms with E-state index in [1.807, 2.05) is 6.07 Å². The molecule has 3 rings (SSSR count). The summed E-state index contributed by atoms with van der Waals surface area (Å²) in [5, 5.41) is 16.2. The molecule has 1 atom stereocenters. The van der Waals surface area contributed by atoms with Gasteiger partial charge in [-0.3, -0.25) is 4.79 Å². The van der Waals surface area contributed by atoms with Gasteiger partial charge in [0, 0.05) is 12.3 Å². The van der Waals surface area contributed by atoms with E-state index in [4.69, 9.17) is 14.0 Å². The van der Waals surface area contributed by atoms with Crippen LogP contribution in [0.1, 0.15) is 32.7 Å². The molecule has 10 nitrogen and oxygen atoms in total. The first-order valence-electron chi connectivity index (χ1n) is 9.25. The minimum atomic E-state index is -1.19. The van der Waals surface area contributed by atoms with Crippen LogP contribution in [-0.4, -0.2) is 60.7 Å². The first-order valence-corrected chi connectivity index (χ1v) is 10.2. The Kier molecular flexibility index (Phi) is 7.82. The van der Waals surface area contributed by atoms with Crippen LogP contribution in [0.15, 0.2) is 45.8 Å². The second kappa shape index (κ2) is 10.8. The van der Waals surface area contributed by atoms with Crippen molar-refractivity contribution in [3.05, 3.63) is 58.3 Å². The number of carbonyl (C=O) groups excluding carboxylic acids is 3. The lowest BCUT2D eigenvalue weighted by molar-refractivity contribution is 0.0586. The van der Waals surface area contributed by atoms with E-state index >= 15 is 0 Å². The van der Waals surface area contributed by atoms with Gasteiger partial charge >= 0.3 is 12.1 Å². The second-order valence-corrected chi connectivity index (χ2v) is 7.29. The minimum absolute atomic E-state index is 0.0838. The van der Waals surface area contributed by atoms with E-state index in [1.165, 1.54) is 6.08 Å². The molecule has 31 heavy (non-hydrogen) atoms. The maximum atomic E-state index is 12.6. The third-order valence-electron chi connectivity index (χ3n) is 4.08. The van der Waals surface area contributed by atoms with Gasteiger partial charge in [0.15, 0.2) is 5.76 Å². The number of allylic oxidation sites excluding steroid dienone is 1. The number of nitrogens with one attached hydrogen (secondary N) is 1. The summed E-state index contributed by atoms with van der Waals surface area (Å²) in [6.45, 7) is 0.798. The van der Waals surface area contributed by atoms with Crippen molar-refractivity contribution in [2.24, 2.45) is 0 Å². The summed E-state index contributed by atoms with van der Waals surface area (Å²) in [4.78, 5) is 36.3. The summed E-state index contributed by atoms with van der Waals surface area (Å²) < 4.78 is 20.0. The Hall–Kier alpha value is -3.15. The molecule has 0 fully saturated rings. The van der Waals surface area contributed by atoms with Gasteiger partial charge in [0.1, 0.15) is 17.4 Å². The van der Waals surface area contributed by atoms with Crippen LogP contribution in [0.5, 0.6) is 5.75 Å². The third kappa shape index (κ3) is 5.72. The molecule has 1 heterocycles. The van der Waals surface area contributed by atoms with Crippen LogP contribution >= 0.6 is 11.8 Å². The largest absolute Gasteiger partial charge is 0.464 e. The number of para-hydroxylation sites is 1. The Morgan fingerprint density at radius 3 is 2.77 bits per heavy atom. The summed E-state index contributed by atoms with van der Waals surface area (Å²) >= 11 is 1.16. The number of rotatable bonds is 9. The predicted molar refractivity (Wildman–Crippen MR) is 109 cm³/mol. The number of nitrogens with zero attached hydrogens (tertiary/aromatic N) is 1. The molecule has 2 aromatic rings. The molecule has 1 aliphatic rings. The van der Waals surface area contributed by atoms with E-state index in [0.717, 1.165) is 18.9 Å². The normalized spacial score (nSPS) is 15.1. The van der Waals surface area contributed by atoms with Gasteiger partial charge in [-0.05, 0) is 18.2 Å². The Labute approximate surface area is 181 Å². The molecule has 11 heteroatoms. The van der Waals surface area contributed by atoms with Gasteiger partial charge in [-0.1, -0.05) is 23.4 Å². The lowest BCUT2D eigenvalue weighted by Crippen LogP contribution is -2.30. The number of aromatic nitrogens is 1. The number of fused-ring (bicyclic) bond motifs is 1. The van der Waals surface area contributed by atoms with E-state index < -0.39 is 23.9 Å². The first kappa shape index (κ1) is 22.5. The lowest BCUT2D eigenvalue weighted by Gasteiger charge is -2.15. The molecule has 0 saturated carbocycles. The van der Waals surface area contributed by atoms with Gasteiger partial charge in [-0.15, -0.1) is 11.8 Å². The number of Topliss-reactive ketones (excluding diaryl/α,β-unsaturated/α-hetero) is 1. The van der Waals surface area contributed by atoms with Gasteiger partial charge in [0.2, 0.25) is 11.5 Å². The van der Waals surface area contributed by atoms with Gasteiger partial charge < -0.3 is 29.2 Å². The number of aliphatic hydroxyl groups is 1. The number of ether oxygens (including phenoxy) is 3. The Morgan fingerprint density at radius 2 is 2.03 bits per heavy atom. The van der Waals surface area contributed by atoms with Crippen molar-refractivity contribution in [1.29, 1.82) is 0 Å². The van der Waals surface area contributed by atoms with Crippen LogP contribution in [0.2, 0.25) is 0 Å². The van der Waals surface area contributed by atoms with Crippen molar-refractivity contribution in [2.75, 3.05) is 32.6 Å². The zero-order valence-electron chi connectivity index (χ0n) is 16.5. The van der Waals surface area contributed by atoms with Crippen LogP contribution in [0.4, 0.5) is 4.79 Å². The topological polar surface area (TPSA) is 137 Å². The van der Waals surface area contributed by atoms with Crippen LogP contribution < -0.4 is 10.1 Å². The summed E-state index contributed by atoms with van der Waals surface area (Å²) in [6, 6.07) is 8.67. The molecule has 0 saturated heterocycles. The summed E-state index contributed by atoms with van der Waals surface area (Å²) in [7, 11) is 1.16. The van der Waals surface area contributed by atoms with Crippen LogP contribution in [0, 0.1) is 0 Å². The molecule has 1 aliphatic carbocycles. The number of ketones is 1. The molecule has 1 amide bonds. The van der Waals surface area contributed by atoms with Crippen molar-refractivity contribution in [2.45, 2.75) is 6.10 Å². The van der Waals surface area contributed by atoms with E-state index in [0.29, 0.717) is 18.1 Å². The van der Waals surface area contributed by atoms with E-state index in [9.17, 15) is 19.5 Å². The van der Waals surface area contributed by atoms with Crippen molar-refractivity contribution in [1.82, 2.24) is 10.5 Å². The number of esters is 1. The second-order valence-electron chi connectivity index (χ2n) is 6.16. The van der Waals surface area contributed by atoms with Gasteiger partial charge in [0.25, 0.3) is 0 Å². The molecule has 1 aromatic carbocycles. The number of hydrogen-bond acceptors (Lipinski definition) is 10. The smallest absolute Gasteiger partial charge is 0.412 e. The Balaban J connectivity index is 1.38. The average molecular weight is 448 g/mol. The molecule has 0 spiro atoms. The third-order valence-corrected chi connectivity index (χ3v) is 5.08. The summed E-state index contributed by atoms with van der Waals surface area (Å²) in [6.07, 6.45) is -0.438. The van der Waals surface area contributed by atoms with Gasteiger partial charge in [0.05, 0.1) is 25.2 Å². The average Bonchev–Trinajstić information content (AvgIpc) is 3.22. The number of aliphatic hydroxyl groups excluding tert-OH is 1. The van der Waals surface area contributed by atoms with Crippen molar-refractivity contribution in [3.63, 3.8) is 0 Å². The fraction of sp³-hybridized carbons (Fsp3) is 0.300. The number of thioether (sulfide) groups is 1. The SMILES string of the molecule is COC(=O)c1noc2c1C(=O)C(SCCOCCNC(=O)Oc1ccccc1)=CC2O. The Bertz CT molecular complexity index is 973. The van der Waals surface area contributed by atoms with Gasteiger partial charge in [-0.2, -0.15) is 0 Å². The molecular formula is C20H20N2O8S. The standard InChI is InChI=1S/C20H20N2O8S/c1-27-19(25)16-15-17(24)14(11-13(23)18(15)30-22-16)31-10-9-28-8-7-21-20(26)29-12-5-3-2-4-6-12/h2-6,11,13,23H,7-10H2,1H3,(H,21,26). The molecule has 0 bridgehead atoms. The maximum absolute atomic E-state index is 12.6. The minimum Gasteiger partial charge on any atom is -0.464 e. The van der Waals surface area contributed by atoms with E-state index in [1.54, 1.807) is 24.3 Å². The monoisotopic (exact) mass is 448 g/mol. The number of amides is 1. The van der Waals surface area contributed by atoms with Crippen LogP contribution in [0.25, 0.3) is 0 Å². The lowest BCUT2D eigenvalue weighted by atomic mass is 9.99. The van der Waals surface area contributed by atoms with E-state index in [-0.39, 0.29) is 35.1 Å². The Morgan fingerprint density at radius 1 is 1.26 bits per heavy atom. The fourth-order valence-electron chi connectivity index (χ4n) is 2.66. The molecule has 1 unspecified atom stereocenters.